The van der Waals surface area contributed by atoms with Crippen molar-refractivity contribution in [1.82, 2.24) is 24.6 Å². The van der Waals surface area contributed by atoms with E-state index in [4.69, 9.17) is 4.98 Å². The van der Waals surface area contributed by atoms with Crippen LogP contribution in [0.25, 0.3) is 11.4 Å². The molecule has 0 fully saturated rings. The Morgan fingerprint density at radius 1 is 1.18 bits per heavy atom. The van der Waals surface area contributed by atoms with Crippen LogP contribution in [0, 0.1) is 5.92 Å². The number of carbonyl (C=O) groups is 1. The van der Waals surface area contributed by atoms with Gasteiger partial charge in [0, 0.05) is 37.6 Å². The predicted octanol–water partition coefficient (Wildman–Crippen LogP) is 3.54. The quantitative estimate of drug-likeness (QED) is 0.715. The predicted molar refractivity (Wildman–Crippen MR) is 109 cm³/mol. The molecule has 1 amide bonds. The number of fused-ring (bicyclic) bond motifs is 1. The molecule has 1 aliphatic heterocycles. The largest absolute Gasteiger partial charge is 0.350 e. The molecule has 6 heteroatoms. The fourth-order valence-electron chi connectivity index (χ4n) is 3.85. The van der Waals surface area contributed by atoms with Gasteiger partial charge in [0.05, 0.1) is 5.69 Å². The molecule has 0 saturated heterocycles. The number of hydrogen-bond acceptors (Lipinski definition) is 3. The summed E-state index contributed by atoms with van der Waals surface area (Å²) in [4.78, 5) is 17.8. The standard InChI is InChI=1S/C22H27N5O/c1-17(16-26-13-8-12-24-26)15-23-22(28)20-19-11-6-3-7-14-27(19)21(25-20)18-9-4-2-5-10-18/h2,4-5,8-10,12-13,17H,3,6-7,11,14-16H2,1H3,(H,23,28). The number of amides is 1. The first-order valence-electron chi connectivity index (χ1n) is 10.1. The number of benzene rings is 1. The maximum absolute atomic E-state index is 13.0. The van der Waals surface area contributed by atoms with Crippen molar-refractivity contribution in [3.05, 3.63) is 60.2 Å². The minimum atomic E-state index is -0.0693. The van der Waals surface area contributed by atoms with E-state index in [9.17, 15) is 4.79 Å². The third kappa shape index (κ3) is 4.01. The molecule has 1 N–H and O–H groups in total. The molecule has 0 aliphatic carbocycles. The van der Waals surface area contributed by atoms with Gasteiger partial charge < -0.3 is 9.88 Å². The van der Waals surface area contributed by atoms with Gasteiger partial charge in [0.25, 0.3) is 5.91 Å². The van der Waals surface area contributed by atoms with Crippen LogP contribution in [0.4, 0.5) is 0 Å². The molecule has 0 spiro atoms. The van der Waals surface area contributed by atoms with E-state index in [1.165, 1.54) is 6.42 Å². The number of nitrogens with zero attached hydrogens (tertiary/aromatic N) is 4. The van der Waals surface area contributed by atoms with Crippen LogP contribution in [0.2, 0.25) is 0 Å². The van der Waals surface area contributed by atoms with Crippen LogP contribution in [0.3, 0.4) is 0 Å². The lowest BCUT2D eigenvalue weighted by Crippen LogP contribution is -2.31. The maximum Gasteiger partial charge on any atom is 0.271 e. The second-order valence-electron chi connectivity index (χ2n) is 7.60. The molecular formula is C22H27N5O. The Kier molecular flexibility index (Phi) is 5.55. The number of aromatic nitrogens is 4. The number of imidazole rings is 1. The third-order valence-corrected chi connectivity index (χ3v) is 5.28. The summed E-state index contributed by atoms with van der Waals surface area (Å²) in [7, 11) is 0. The van der Waals surface area contributed by atoms with Crippen LogP contribution < -0.4 is 5.32 Å². The van der Waals surface area contributed by atoms with E-state index in [-0.39, 0.29) is 5.91 Å². The summed E-state index contributed by atoms with van der Waals surface area (Å²) in [5, 5.41) is 7.33. The Morgan fingerprint density at radius 2 is 2.04 bits per heavy atom. The van der Waals surface area contributed by atoms with E-state index in [1.807, 2.05) is 35.1 Å². The number of hydrogen-bond donors (Lipinski definition) is 1. The van der Waals surface area contributed by atoms with E-state index >= 15 is 0 Å². The van der Waals surface area contributed by atoms with Crippen molar-refractivity contribution in [3.8, 4) is 11.4 Å². The van der Waals surface area contributed by atoms with Crippen molar-refractivity contribution in [1.29, 1.82) is 0 Å². The van der Waals surface area contributed by atoms with Gasteiger partial charge in [-0.2, -0.15) is 5.10 Å². The zero-order valence-electron chi connectivity index (χ0n) is 16.3. The highest BCUT2D eigenvalue weighted by molar-refractivity contribution is 5.94. The van der Waals surface area contributed by atoms with Crippen LogP contribution in [-0.2, 0) is 19.5 Å². The van der Waals surface area contributed by atoms with E-state index < -0.39 is 0 Å². The molecule has 146 valence electrons. The number of nitrogens with one attached hydrogen (secondary N) is 1. The molecular weight excluding hydrogens is 350 g/mol. The first-order valence-corrected chi connectivity index (χ1v) is 10.1. The second-order valence-corrected chi connectivity index (χ2v) is 7.60. The molecule has 3 aromatic rings. The third-order valence-electron chi connectivity index (χ3n) is 5.28. The lowest BCUT2D eigenvalue weighted by molar-refractivity contribution is 0.0941. The molecule has 1 atom stereocenters. The van der Waals surface area contributed by atoms with Crippen molar-refractivity contribution in [2.24, 2.45) is 5.92 Å². The zero-order valence-corrected chi connectivity index (χ0v) is 16.3. The molecule has 1 aromatic carbocycles. The molecule has 4 rings (SSSR count). The van der Waals surface area contributed by atoms with Crippen LogP contribution in [0.1, 0.15) is 42.4 Å². The van der Waals surface area contributed by atoms with Crippen molar-refractivity contribution in [3.63, 3.8) is 0 Å². The monoisotopic (exact) mass is 377 g/mol. The van der Waals surface area contributed by atoms with Gasteiger partial charge in [-0.05, 0) is 31.2 Å². The summed E-state index contributed by atoms with van der Waals surface area (Å²) in [5.74, 6) is 1.13. The molecule has 1 unspecified atom stereocenters. The molecule has 28 heavy (non-hydrogen) atoms. The first kappa shape index (κ1) is 18.5. The van der Waals surface area contributed by atoms with Crippen molar-refractivity contribution in [2.45, 2.75) is 45.7 Å². The topological polar surface area (TPSA) is 64.7 Å². The highest BCUT2D eigenvalue weighted by atomic mass is 16.1. The van der Waals surface area contributed by atoms with Crippen LogP contribution >= 0.6 is 0 Å². The van der Waals surface area contributed by atoms with Crippen LogP contribution in [0.15, 0.2) is 48.8 Å². The van der Waals surface area contributed by atoms with Crippen LogP contribution in [0.5, 0.6) is 0 Å². The van der Waals surface area contributed by atoms with E-state index in [0.717, 1.165) is 49.4 Å². The maximum atomic E-state index is 13.0. The molecule has 1 aliphatic rings. The van der Waals surface area contributed by atoms with E-state index in [0.29, 0.717) is 18.2 Å². The van der Waals surface area contributed by atoms with Gasteiger partial charge in [0.1, 0.15) is 11.5 Å². The normalized spacial score (nSPS) is 14.9. The molecule has 3 heterocycles. The SMILES string of the molecule is CC(CNC(=O)c1nc(-c2ccccc2)n2c1CCCCC2)Cn1cccn1. The van der Waals surface area contributed by atoms with Gasteiger partial charge in [-0.3, -0.25) is 9.48 Å². The van der Waals surface area contributed by atoms with Gasteiger partial charge in [-0.25, -0.2) is 4.98 Å². The Morgan fingerprint density at radius 3 is 2.82 bits per heavy atom. The molecule has 6 nitrogen and oxygen atoms in total. The van der Waals surface area contributed by atoms with Crippen molar-refractivity contribution in [2.75, 3.05) is 6.54 Å². The average Bonchev–Trinajstić information content (AvgIpc) is 3.28. The Labute approximate surface area is 165 Å². The first-order chi connectivity index (χ1) is 13.7. The fourth-order valence-corrected chi connectivity index (χ4v) is 3.85. The minimum Gasteiger partial charge on any atom is -0.350 e. The molecule has 2 aromatic heterocycles. The highest BCUT2D eigenvalue weighted by Gasteiger charge is 2.24. The fraction of sp³-hybridized carbons (Fsp3) is 0.409. The highest BCUT2D eigenvalue weighted by Crippen LogP contribution is 2.27. The minimum absolute atomic E-state index is 0.0693. The van der Waals surface area contributed by atoms with Gasteiger partial charge in [0.2, 0.25) is 0 Å². The summed E-state index contributed by atoms with van der Waals surface area (Å²) in [6, 6.07) is 12.1. The van der Waals surface area contributed by atoms with Crippen LogP contribution in [-0.4, -0.2) is 31.8 Å². The van der Waals surface area contributed by atoms with E-state index in [1.54, 1.807) is 6.20 Å². The van der Waals surface area contributed by atoms with Crippen molar-refractivity contribution >= 4 is 5.91 Å². The molecule has 0 radical (unpaired) electrons. The van der Waals surface area contributed by atoms with E-state index in [2.05, 4.69) is 34.0 Å². The number of rotatable bonds is 6. The van der Waals surface area contributed by atoms with Gasteiger partial charge >= 0.3 is 0 Å². The molecule has 0 saturated carbocycles. The Bertz CT molecular complexity index is 914. The molecule has 0 bridgehead atoms. The summed E-state index contributed by atoms with van der Waals surface area (Å²) in [5.41, 5.74) is 2.73. The van der Waals surface area contributed by atoms with Gasteiger partial charge in [-0.15, -0.1) is 0 Å². The summed E-state index contributed by atoms with van der Waals surface area (Å²) in [6.45, 7) is 4.43. The number of carbonyl (C=O) groups excluding carboxylic acids is 1. The summed E-state index contributed by atoms with van der Waals surface area (Å²) in [6.07, 6.45) is 8.06. The summed E-state index contributed by atoms with van der Waals surface area (Å²) < 4.78 is 4.15. The Balaban J connectivity index is 1.53. The zero-order chi connectivity index (χ0) is 19.3. The average molecular weight is 377 g/mol. The smallest absolute Gasteiger partial charge is 0.271 e. The Hall–Kier alpha value is -2.89. The second kappa shape index (κ2) is 8.42. The lowest BCUT2D eigenvalue weighted by atomic mass is 10.1. The van der Waals surface area contributed by atoms with Gasteiger partial charge in [-0.1, -0.05) is 43.7 Å². The van der Waals surface area contributed by atoms with Crippen molar-refractivity contribution < 1.29 is 4.79 Å². The lowest BCUT2D eigenvalue weighted by Gasteiger charge is -2.13. The van der Waals surface area contributed by atoms with Gasteiger partial charge in [0.15, 0.2) is 0 Å². The summed E-state index contributed by atoms with van der Waals surface area (Å²) >= 11 is 0.